The molecule has 2 rings (SSSR count). The predicted molar refractivity (Wildman–Crippen MR) is 74.0 cm³/mol. The second-order valence-corrected chi connectivity index (χ2v) is 5.14. The average molecular weight is 291 g/mol. The van der Waals surface area contributed by atoms with Crippen LogP contribution in [0.2, 0.25) is 0 Å². The zero-order valence-corrected chi connectivity index (χ0v) is 11.8. The Morgan fingerprint density at radius 2 is 2.05 bits per heavy atom. The molecule has 1 amide bonds. The lowest BCUT2D eigenvalue weighted by Gasteiger charge is -2.05. The van der Waals surface area contributed by atoms with Crippen molar-refractivity contribution in [1.29, 1.82) is 0 Å². The lowest BCUT2D eigenvalue weighted by Crippen LogP contribution is -2.24. The van der Waals surface area contributed by atoms with Crippen molar-refractivity contribution in [2.75, 3.05) is 0 Å². The second-order valence-electron chi connectivity index (χ2n) is 4.20. The van der Waals surface area contributed by atoms with Crippen molar-refractivity contribution >= 4 is 23.2 Å². The van der Waals surface area contributed by atoms with E-state index < -0.39 is 5.97 Å². The fourth-order valence-corrected chi connectivity index (χ4v) is 2.36. The Bertz CT molecular complexity index is 667. The van der Waals surface area contributed by atoms with Crippen molar-refractivity contribution in [1.82, 2.24) is 15.3 Å². The Morgan fingerprint density at radius 3 is 2.60 bits per heavy atom. The van der Waals surface area contributed by atoms with E-state index >= 15 is 0 Å². The maximum Gasteiger partial charge on any atom is 0.337 e. The average Bonchev–Trinajstić information content (AvgIpc) is 2.81. The summed E-state index contributed by atoms with van der Waals surface area (Å²) in [5.74, 6) is -1.40. The molecule has 2 aromatic heterocycles. The standard InChI is InChI=1S/C13H13N3O3S/c1-7-6-20-11(15-7)5-14-12(17)10-4-3-9(13(18)19)8(2)16-10/h3-4,6H,5H2,1-2H3,(H,14,17)(H,18,19). The number of thiazole rings is 1. The first-order valence-corrected chi connectivity index (χ1v) is 6.75. The maximum absolute atomic E-state index is 11.9. The third kappa shape index (κ3) is 3.18. The van der Waals surface area contributed by atoms with Crippen molar-refractivity contribution in [2.45, 2.75) is 20.4 Å². The van der Waals surface area contributed by atoms with E-state index in [0.717, 1.165) is 10.7 Å². The fraction of sp³-hybridized carbons (Fsp3) is 0.231. The summed E-state index contributed by atoms with van der Waals surface area (Å²) in [5, 5.41) is 14.3. The van der Waals surface area contributed by atoms with Crippen LogP contribution in [-0.2, 0) is 6.54 Å². The van der Waals surface area contributed by atoms with E-state index in [0.29, 0.717) is 12.2 Å². The highest BCUT2D eigenvalue weighted by atomic mass is 32.1. The molecule has 0 unspecified atom stereocenters. The molecule has 2 aromatic rings. The number of pyridine rings is 1. The van der Waals surface area contributed by atoms with E-state index in [1.165, 1.54) is 23.5 Å². The highest BCUT2D eigenvalue weighted by Crippen LogP contribution is 2.09. The highest BCUT2D eigenvalue weighted by molar-refractivity contribution is 7.09. The number of rotatable bonds is 4. The second kappa shape index (κ2) is 5.79. The molecular weight excluding hydrogens is 278 g/mol. The Kier molecular flexibility index (Phi) is 4.09. The molecule has 0 saturated carbocycles. The molecule has 0 atom stereocenters. The highest BCUT2D eigenvalue weighted by Gasteiger charge is 2.13. The maximum atomic E-state index is 11.9. The number of amides is 1. The molecule has 0 aliphatic heterocycles. The molecular formula is C13H13N3O3S. The number of hydrogen-bond acceptors (Lipinski definition) is 5. The lowest BCUT2D eigenvalue weighted by molar-refractivity contribution is 0.0694. The minimum absolute atomic E-state index is 0.0945. The van der Waals surface area contributed by atoms with Crippen LogP contribution in [0.15, 0.2) is 17.5 Å². The summed E-state index contributed by atoms with van der Waals surface area (Å²) in [6.45, 7) is 3.78. The van der Waals surface area contributed by atoms with Crippen LogP contribution < -0.4 is 5.32 Å². The van der Waals surface area contributed by atoms with E-state index in [-0.39, 0.29) is 17.2 Å². The number of hydrogen-bond donors (Lipinski definition) is 2. The van der Waals surface area contributed by atoms with Gasteiger partial charge in [-0.1, -0.05) is 0 Å². The first-order chi connectivity index (χ1) is 9.47. The third-order valence-electron chi connectivity index (χ3n) is 2.62. The predicted octanol–water partition coefficient (Wildman–Crippen LogP) is 1.78. The molecule has 2 heterocycles. The summed E-state index contributed by atoms with van der Waals surface area (Å²) in [6.07, 6.45) is 0. The van der Waals surface area contributed by atoms with Crippen LogP contribution in [0.25, 0.3) is 0 Å². The lowest BCUT2D eigenvalue weighted by atomic mass is 10.2. The topological polar surface area (TPSA) is 92.2 Å². The molecule has 104 valence electrons. The normalized spacial score (nSPS) is 10.3. The first kappa shape index (κ1) is 14.1. The van der Waals surface area contributed by atoms with Gasteiger partial charge in [0.1, 0.15) is 10.7 Å². The van der Waals surface area contributed by atoms with E-state index in [1.54, 1.807) is 6.92 Å². The number of aromatic carboxylic acids is 1. The Morgan fingerprint density at radius 1 is 1.30 bits per heavy atom. The SMILES string of the molecule is Cc1csc(CNC(=O)c2ccc(C(=O)O)c(C)n2)n1. The number of aromatic nitrogens is 2. The summed E-state index contributed by atoms with van der Waals surface area (Å²) >= 11 is 1.47. The summed E-state index contributed by atoms with van der Waals surface area (Å²) < 4.78 is 0. The van der Waals surface area contributed by atoms with Crippen LogP contribution in [0.4, 0.5) is 0 Å². The van der Waals surface area contributed by atoms with Crippen LogP contribution in [0.1, 0.15) is 37.2 Å². The monoisotopic (exact) mass is 291 g/mol. The minimum atomic E-state index is -1.06. The number of nitrogens with one attached hydrogen (secondary N) is 1. The molecule has 2 N–H and O–H groups in total. The molecule has 0 saturated heterocycles. The van der Waals surface area contributed by atoms with Gasteiger partial charge in [0.15, 0.2) is 0 Å². The molecule has 0 aliphatic rings. The van der Waals surface area contributed by atoms with E-state index in [1.807, 2.05) is 12.3 Å². The van der Waals surface area contributed by atoms with Gasteiger partial charge in [-0.25, -0.2) is 14.8 Å². The summed E-state index contributed by atoms with van der Waals surface area (Å²) in [4.78, 5) is 31.0. The Hall–Kier alpha value is -2.28. The number of carboxylic acids is 1. The number of carbonyl (C=O) groups excluding carboxylic acids is 1. The van der Waals surface area contributed by atoms with Crippen LogP contribution in [0.5, 0.6) is 0 Å². The summed E-state index contributed by atoms with van der Waals surface area (Å²) in [5.41, 5.74) is 1.52. The minimum Gasteiger partial charge on any atom is -0.478 e. The van der Waals surface area contributed by atoms with E-state index in [4.69, 9.17) is 5.11 Å². The number of carbonyl (C=O) groups is 2. The van der Waals surface area contributed by atoms with Gasteiger partial charge in [-0.2, -0.15) is 0 Å². The molecule has 0 aliphatic carbocycles. The number of carboxylic acid groups (broad SMARTS) is 1. The van der Waals surface area contributed by atoms with Gasteiger partial charge in [0, 0.05) is 11.1 Å². The van der Waals surface area contributed by atoms with Crippen LogP contribution in [0.3, 0.4) is 0 Å². The molecule has 0 spiro atoms. The third-order valence-corrected chi connectivity index (χ3v) is 3.58. The van der Waals surface area contributed by atoms with Crippen molar-refractivity contribution in [3.63, 3.8) is 0 Å². The van der Waals surface area contributed by atoms with Gasteiger partial charge in [0.2, 0.25) is 0 Å². The smallest absolute Gasteiger partial charge is 0.337 e. The largest absolute Gasteiger partial charge is 0.478 e. The van der Waals surface area contributed by atoms with Crippen molar-refractivity contribution < 1.29 is 14.7 Å². The van der Waals surface area contributed by atoms with Gasteiger partial charge in [-0.05, 0) is 26.0 Å². The molecule has 20 heavy (non-hydrogen) atoms. The van der Waals surface area contributed by atoms with Gasteiger partial charge in [-0.15, -0.1) is 11.3 Å². The first-order valence-electron chi connectivity index (χ1n) is 5.87. The van der Waals surface area contributed by atoms with Gasteiger partial charge in [-0.3, -0.25) is 4.79 Å². The van der Waals surface area contributed by atoms with Gasteiger partial charge in [0.25, 0.3) is 5.91 Å². The summed E-state index contributed by atoms with van der Waals surface area (Å²) in [7, 11) is 0. The van der Waals surface area contributed by atoms with E-state index in [9.17, 15) is 9.59 Å². The zero-order chi connectivity index (χ0) is 14.7. The Labute approximate surface area is 119 Å². The number of aryl methyl sites for hydroxylation is 2. The summed E-state index contributed by atoms with van der Waals surface area (Å²) in [6, 6.07) is 2.78. The van der Waals surface area contributed by atoms with Crippen molar-refractivity contribution in [3.05, 3.63) is 45.2 Å². The van der Waals surface area contributed by atoms with Crippen LogP contribution in [0, 0.1) is 13.8 Å². The quantitative estimate of drug-likeness (QED) is 0.895. The zero-order valence-electron chi connectivity index (χ0n) is 11.0. The molecule has 0 radical (unpaired) electrons. The fourth-order valence-electron chi connectivity index (χ4n) is 1.64. The van der Waals surface area contributed by atoms with Crippen LogP contribution in [-0.4, -0.2) is 27.0 Å². The van der Waals surface area contributed by atoms with E-state index in [2.05, 4.69) is 15.3 Å². The molecule has 0 aromatic carbocycles. The molecule has 7 heteroatoms. The van der Waals surface area contributed by atoms with Gasteiger partial charge in [0.05, 0.1) is 17.8 Å². The molecule has 0 bridgehead atoms. The van der Waals surface area contributed by atoms with Crippen molar-refractivity contribution in [3.8, 4) is 0 Å². The van der Waals surface area contributed by atoms with Crippen molar-refractivity contribution in [2.24, 2.45) is 0 Å². The Balaban J connectivity index is 2.06. The number of nitrogens with zero attached hydrogens (tertiary/aromatic N) is 2. The van der Waals surface area contributed by atoms with Gasteiger partial charge >= 0.3 is 5.97 Å². The van der Waals surface area contributed by atoms with Crippen LogP contribution >= 0.6 is 11.3 Å². The molecule has 6 nitrogen and oxygen atoms in total. The molecule has 0 fully saturated rings. The van der Waals surface area contributed by atoms with Gasteiger partial charge < -0.3 is 10.4 Å².